The Morgan fingerprint density at radius 1 is 0.944 bits per heavy atom. The number of carbonyl (C=O) groups excluding carboxylic acids is 2. The number of hydrazone groups is 1. The van der Waals surface area contributed by atoms with Gasteiger partial charge in [-0.2, -0.15) is 5.10 Å². The van der Waals surface area contributed by atoms with E-state index in [1.807, 2.05) is 83.9 Å². The van der Waals surface area contributed by atoms with Crippen LogP contribution in [-0.2, 0) is 19.5 Å². The number of carbonyl (C=O) groups is 2. The third kappa shape index (κ3) is 5.16. The van der Waals surface area contributed by atoms with E-state index in [1.165, 1.54) is 11.3 Å². The zero-order valence-corrected chi connectivity index (χ0v) is 20.9. The van der Waals surface area contributed by atoms with E-state index < -0.39 is 0 Å². The highest BCUT2D eigenvalue weighted by Gasteiger charge is 2.30. The first-order valence-electron chi connectivity index (χ1n) is 12.0. The first-order chi connectivity index (χ1) is 17.6. The van der Waals surface area contributed by atoms with Crippen LogP contribution >= 0.6 is 11.3 Å². The number of benzene rings is 2. The van der Waals surface area contributed by atoms with E-state index in [0.29, 0.717) is 30.1 Å². The summed E-state index contributed by atoms with van der Waals surface area (Å²) in [6.07, 6.45) is 2.29. The fourth-order valence-electron chi connectivity index (χ4n) is 4.52. The quantitative estimate of drug-likeness (QED) is 0.320. The molecule has 1 N–H and O–H groups in total. The van der Waals surface area contributed by atoms with Crippen LogP contribution in [-0.4, -0.2) is 22.4 Å². The fourth-order valence-corrected chi connectivity index (χ4v) is 5.13. The molecule has 0 fully saturated rings. The van der Waals surface area contributed by atoms with Gasteiger partial charge in [-0.05, 0) is 42.3 Å². The molecule has 0 atom stereocenters. The molecule has 7 heteroatoms. The van der Waals surface area contributed by atoms with Crippen LogP contribution in [0.15, 0.2) is 87.7 Å². The molecule has 1 aliphatic rings. The molecule has 36 heavy (non-hydrogen) atoms. The van der Waals surface area contributed by atoms with E-state index in [2.05, 4.69) is 10.5 Å². The minimum absolute atomic E-state index is 0.156. The molecule has 2 heterocycles. The third-order valence-electron chi connectivity index (χ3n) is 6.28. The van der Waals surface area contributed by atoms with Gasteiger partial charge in [-0.15, -0.1) is 11.3 Å². The van der Waals surface area contributed by atoms with Gasteiger partial charge < -0.3 is 9.32 Å². The lowest BCUT2D eigenvalue weighted by atomic mass is 9.93. The summed E-state index contributed by atoms with van der Waals surface area (Å²) >= 11 is 1.37. The second kappa shape index (κ2) is 10.7. The van der Waals surface area contributed by atoms with Crippen LogP contribution in [0.1, 0.15) is 61.1 Å². The third-order valence-corrected chi connectivity index (χ3v) is 7.15. The Hall–Kier alpha value is -3.97. The van der Waals surface area contributed by atoms with Gasteiger partial charge in [-0.25, -0.2) is 5.43 Å². The summed E-state index contributed by atoms with van der Waals surface area (Å²) in [4.78, 5) is 28.7. The van der Waals surface area contributed by atoms with Crippen molar-refractivity contribution in [2.24, 2.45) is 5.10 Å². The lowest BCUT2D eigenvalue weighted by Gasteiger charge is -2.22. The smallest absolute Gasteiger partial charge is 0.290 e. The molecule has 5 rings (SSSR count). The molecule has 2 aromatic heterocycles. The molecule has 0 saturated carbocycles. The number of aryl methyl sites for hydroxylation is 1. The SMILES string of the molecule is Cc1c(C(=O)N(Cc2ccccc2)Cc2ccccc2)oc2c1/C(=N/NC(=O)c1cccs1)CCC2. The zero-order chi connectivity index (χ0) is 24.9. The van der Waals surface area contributed by atoms with Crippen LogP contribution in [0.5, 0.6) is 0 Å². The minimum atomic E-state index is -0.237. The maximum atomic E-state index is 13.8. The molecule has 0 unspecified atom stereocenters. The second-order valence-electron chi connectivity index (χ2n) is 8.82. The van der Waals surface area contributed by atoms with Crippen LogP contribution in [0.3, 0.4) is 0 Å². The van der Waals surface area contributed by atoms with Gasteiger partial charge in [0.15, 0.2) is 5.76 Å². The van der Waals surface area contributed by atoms with Crippen molar-refractivity contribution in [3.8, 4) is 0 Å². The Balaban J connectivity index is 1.44. The predicted molar refractivity (Wildman–Crippen MR) is 141 cm³/mol. The normalized spacial score (nSPS) is 13.9. The summed E-state index contributed by atoms with van der Waals surface area (Å²) in [6, 6.07) is 23.5. The molecule has 0 saturated heterocycles. The summed E-state index contributed by atoms with van der Waals surface area (Å²) < 4.78 is 6.18. The van der Waals surface area contributed by atoms with E-state index in [0.717, 1.165) is 46.6 Å². The van der Waals surface area contributed by atoms with Gasteiger partial charge in [0.05, 0.1) is 10.6 Å². The summed E-state index contributed by atoms with van der Waals surface area (Å²) in [7, 11) is 0. The number of thiophene rings is 1. The van der Waals surface area contributed by atoms with E-state index in [1.54, 1.807) is 6.07 Å². The number of nitrogens with one attached hydrogen (secondary N) is 1. The van der Waals surface area contributed by atoms with E-state index in [9.17, 15) is 9.59 Å². The fraction of sp³-hybridized carbons (Fsp3) is 0.207. The second-order valence-corrected chi connectivity index (χ2v) is 9.76. The van der Waals surface area contributed by atoms with Crippen molar-refractivity contribution < 1.29 is 14.0 Å². The number of amides is 2. The number of rotatable bonds is 7. The van der Waals surface area contributed by atoms with Crippen LogP contribution in [0, 0.1) is 6.92 Å². The standard InChI is InChI=1S/C29H27N3O3S/c1-20-26-23(30-31-28(33)25-16-9-17-36-25)14-8-15-24(26)35-27(20)29(34)32(18-21-10-4-2-5-11-21)19-22-12-6-3-7-13-22/h2-7,9-13,16-17H,8,14-15,18-19H2,1H3,(H,31,33)/b30-23+. The van der Waals surface area contributed by atoms with Gasteiger partial charge in [0.1, 0.15) is 5.76 Å². The molecule has 2 aromatic carbocycles. The molecular formula is C29H27N3O3S. The van der Waals surface area contributed by atoms with E-state index in [4.69, 9.17) is 4.42 Å². The molecule has 4 aromatic rings. The maximum absolute atomic E-state index is 13.8. The van der Waals surface area contributed by atoms with Gasteiger partial charge in [0.25, 0.3) is 11.8 Å². The van der Waals surface area contributed by atoms with Crippen LogP contribution < -0.4 is 5.43 Å². The molecule has 0 bridgehead atoms. The first-order valence-corrected chi connectivity index (χ1v) is 12.9. The number of furan rings is 1. The monoisotopic (exact) mass is 497 g/mol. The molecule has 2 amide bonds. The average Bonchev–Trinajstić information content (AvgIpc) is 3.57. The molecule has 182 valence electrons. The Kier molecular flexibility index (Phi) is 7.09. The average molecular weight is 498 g/mol. The highest BCUT2D eigenvalue weighted by Crippen LogP contribution is 2.31. The van der Waals surface area contributed by atoms with Gasteiger partial charge in [-0.1, -0.05) is 66.7 Å². The van der Waals surface area contributed by atoms with E-state index in [-0.39, 0.29) is 11.8 Å². The Bertz CT molecular complexity index is 1330. The zero-order valence-electron chi connectivity index (χ0n) is 20.1. The van der Waals surface area contributed by atoms with Crippen molar-refractivity contribution in [1.82, 2.24) is 10.3 Å². The highest BCUT2D eigenvalue weighted by molar-refractivity contribution is 7.12. The van der Waals surface area contributed by atoms with Crippen LogP contribution in [0.25, 0.3) is 0 Å². The predicted octanol–water partition coefficient (Wildman–Crippen LogP) is 5.96. The Morgan fingerprint density at radius 2 is 1.61 bits per heavy atom. The largest absolute Gasteiger partial charge is 0.455 e. The maximum Gasteiger partial charge on any atom is 0.290 e. The topological polar surface area (TPSA) is 74.9 Å². The van der Waals surface area contributed by atoms with Crippen molar-refractivity contribution >= 4 is 28.9 Å². The Labute approximate surface area is 214 Å². The molecule has 0 radical (unpaired) electrons. The van der Waals surface area contributed by atoms with Crippen molar-refractivity contribution in [1.29, 1.82) is 0 Å². The first kappa shape index (κ1) is 23.8. The lowest BCUT2D eigenvalue weighted by molar-refractivity contribution is 0.0694. The van der Waals surface area contributed by atoms with Crippen molar-refractivity contribution in [3.05, 3.63) is 117 Å². The van der Waals surface area contributed by atoms with Crippen molar-refractivity contribution in [2.45, 2.75) is 39.3 Å². The van der Waals surface area contributed by atoms with Gasteiger partial charge in [0.2, 0.25) is 0 Å². The minimum Gasteiger partial charge on any atom is -0.455 e. The van der Waals surface area contributed by atoms with Gasteiger partial charge >= 0.3 is 0 Å². The molecule has 6 nitrogen and oxygen atoms in total. The summed E-state index contributed by atoms with van der Waals surface area (Å²) in [5.41, 5.74) is 7.13. The van der Waals surface area contributed by atoms with Crippen LogP contribution in [0.4, 0.5) is 0 Å². The number of fused-ring (bicyclic) bond motifs is 1. The van der Waals surface area contributed by atoms with Crippen molar-refractivity contribution in [3.63, 3.8) is 0 Å². The number of hydrogen-bond acceptors (Lipinski definition) is 5. The Morgan fingerprint density at radius 3 is 2.22 bits per heavy atom. The summed E-state index contributed by atoms with van der Waals surface area (Å²) in [5.74, 6) is 0.701. The van der Waals surface area contributed by atoms with E-state index >= 15 is 0 Å². The van der Waals surface area contributed by atoms with Gasteiger partial charge in [0, 0.05) is 30.6 Å². The highest BCUT2D eigenvalue weighted by atomic mass is 32.1. The van der Waals surface area contributed by atoms with Gasteiger partial charge in [-0.3, -0.25) is 9.59 Å². The number of hydrogen-bond donors (Lipinski definition) is 1. The lowest BCUT2D eigenvalue weighted by Crippen LogP contribution is -2.30. The molecule has 0 spiro atoms. The summed E-state index contributed by atoms with van der Waals surface area (Å²) in [5, 5.41) is 6.29. The van der Waals surface area contributed by atoms with Crippen molar-refractivity contribution in [2.75, 3.05) is 0 Å². The van der Waals surface area contributed by atoms with Crippen LogP contribution in [0.2, 0.25) is 0 Å². The summed E-state index contributed by atoms with van der Waals surface area (Å²) in [6.45, 7) is 2.84. The number of nitrogens with zero attached hydrogens (tertiary/aromatic N) is 2. The molecular weight excluding hydrogens is 470 g/mol. The molecule has 1 aliphatic carbocycles. The molecule has 0 aliphatic heterocycles.